The second kappa shape index (κ2) is 10.7. The quantitative estimate of drug-likeness (QED) is 0.500. The predicted octanol–water partition coefficient (Wildman–Crippen LogP) is 5.62. The molecule has 0 aliphatic rings. The molecule has 0 unspecified atom stereocenters. The van der Waals surface area contributed by atoms with E-state index < -0.39 is 0 Å². The number of hydrogen-bond acceptors (Lipinski definition) is 3. The lowest BCUT2D eigenvalue weighted by Crippen LogP contribution is -2.17. The Labute approximate surface area is 163 Å². The molecule has 0 spiro atoms. The van der Waals surface area contributed by atoms with Gasteiger partial charge >= 0.3 is 0 Å². The fourth-order valence-electron chi connectivity index (χ4n) is 2.41. The van der Waals surface area contributed by atoms with E-state index in [1.54, 1.807) is 0 Å². The lowest BCUT2D eigenvalue weighted by atomic mass is 10.1. The van der Waals surface area contributed by atoms with Gasteiger partial charge in [-0.25, -0.2) is 0 Å². The molecule has 0 aliphatic heterocycles. The van der Waals surface area contributed by atoms with Crippen LogP contribution in [0.15, 0.2) is 40.9 Å². The monoisotopic (exact) mass is 425 g/mol. The van der Waals surface area contributed by atoms with Gasteiger partial charge in [0.15, 0.2) is 11.5 Å². The molecule has 0 bridgehead atoms. The average Bonchev–Trinajstić information content (AvgIpc) is 2.61. The highest BCUT2D eigenvalue weighted by Gasteiger charge is 2.10. The number of halogens is 2. The molecule has 0 aliphatic carbocycles. The summed E-state index contributed by atoms with van der Waals surface area (Å²) in [6.07, 6.45) is 1.93. The van der Waals surface area contributed by atoms with E-state index in [9.17, 15) is 0 Å². The van der Waals surface area contributed by atoms with Crippen LogP contribution in [0.2, 0.25) is 5.02 Å². The molecule has 0 saturated heterocycles. The summed E-state index contributed by atoms with van der Waals surface area (Å²) in [6, 6.07) is 12.0. The topological polar surface area (TPSA) is 30.5 Å². The fraction of sp³-hybridized carbons (Fsp3) is 0.400. The molecule has 25 heavy (non-hydrogen) atoms. The molecule has 0 radical (unpaired) electrons. The number of nitrogens with one attached hydrogen (secondary N) is 1. The molecule has 136 valence electrons. The molecular formula is C20H25BrClNO2. The van der Waals surface area contributed by atoms with Gasteiger partial charge < -0.3 is 14.8 Å². The van der Waals surface area contributed by atoms with E-state index in [4.69, 9.17) is 21.1 Å². The van der Waals surface area contributed by atoms with Crippen LogP contribution in [0, 0.1) is 0 Å². The van der Waals surface area contributed by atoms with Crippen molar-refractivity contribution in [1.29, 1.82) is 0 Å². The minimum atomic E-state index is 0.619. The zero-order chi connectivity index (χ0) is 18.1. The molecule has 1 N–H and O–H groups in total. The minimum absolute atomic E-state index is 0.619. The van der Waals surface area contributed by atoms with E-state index in [2.05, 4.69) is 40.3 Å². The molecule has 0 amide bonds. The van der Waals surface area contributed by atoms with Crippen LogP contribution in [-0.4, -0.2) is 19.8 Å². The van der Waals surface area contributed by atoms with Crippen molar-refractivity contribution in [2.24, 2.45) is 0 Å². The Morgan fingerprint density at radius 2 is 1.76 bits per heavy atom. The smallest absolute Gasteiger partial charge is 0.162 e. The van der Waals surface area contributed by atoms with Crippen LogP contribution in [-0.2, 0) is 13.0 Å². The number of rotatable bonds is 10. The van der Waals surface area contributed by atoms with E-state index in [0.717, 1.165) is 52.5 Å². The van der Waals surface area contributed by atoms with Gasteiger partial charge in [-0.15, -0.1) is 0 Å². The molecule has 0 atom stereocenters. The highest BCUT2D eigenvalue weighted by Crippen LogP contribution is 2.34. The molecule has 2 rings (SSSR count). The van der Waals surface area contributed by atoms with Crippen molar-refractivity contribution in [2.45, 2.75) is 33.2 Å². The summed E-state index contributed by atoms with van der Waals surface area (Å²) in [7, 11) is 0. The average molecular weight is 427 g/mol. The van der Waals surface area contributed by atoms with Gasteiger partial charge in [0, 0.05) is 16.0 Å². The second-order valence-electron chi connectivity index (χ2n) is 5.73. The Morgan fingerprint density at radius 1 is 1.04 bits per heavy atom. The maximum Gasteiger partial charge on any atom is 0.162 e. The third kappa shape index (κ3) is 6.53. The third-order valence-electron chi connectivity index (χ3n) is 3.69. The maximum absolute atomic E-state index is 5.91. The van der Waals surface area contributed by atoms with Crippen LogP contribution < -0.4 is 14.8 Å². The first-order valence-corrected chi connectivity index (χ1v) is 9.84. The van der Waals surface area contributed by atoms with Crippen LogP contribution in [0.25, 0.3) is 0 Å². The normalized spacial score (nSPS) is 10.7. The van der Waals surface area contributed by atoms with Crippen molar-refractivity contribution in [3.8, 4) is 11.5 Å². The summed E-state index contributed by atoms with van der Waals surface area (Å²) in [6.45, 7) is 7.04. The van der Waals surface area contributed by atoms with Gasteiger partial charge in [0.2, 0.25) is 0 Å². The van der Waals surface area contributed by atoms with Gasteiger partial charge in [0.05, 0.1) is 13.2 Å². The molecule has 5 heteroatoms. The van der Waals surface area contributed by atoms with Crippen LogP contribution in [0.4, 0.5) is 0 Å². The first-order chi connectivity index (χ1) is 12.1. The predicted molar refractivity (Wildman–Crippen MR) is 108 cm³/mol. The molecule has 0 saturated carbocycles. The standard InChI is InChI=1S/C20H25BrClNO2/c1-3-11-25-20-13-18(21)16(12-19(20)24-4-2)14-23-10-9-15-5-7-17(22)8-6-15/h5-8,12-13,23H,3-4,9-11,14H2,1-2H3. The van der Waals surface area contributed by atoms with Gasteiger partial charge in [-0.2, -0.15) is 0 Å². The lowest BCUT2D eigenvalue weighted by Gasteiger charge is -2.15. The van der Waals surface area contributed by atoms with Crippen LogP contribution in [0.5, 0.6) is 11.5 Å². The van der Waals surface area contributed by atoms with Crippen molar-refractivity contribution >= 4 is 27.5 Å². The summed E-state index contributed by atoms with van der Waals surface area (Å²) in [5.41, 5.74) is 2.43. The molecule has 2 aromatic rings. The Bertz CT molecular complexity index is 661. The molecule has 0 aromatic heterocycles. The Hall–Kier alpha value is -1.23. The Kier molecular flexibility index (Phi) is 8.59. The van der Waals surface area contributed by atoms with Gasteiger partial charge in [0.25, 0.3) is 0 Å². The summed E-state index contributed by atoms with van der Waals surface area (Å²) in [5.74, 6) is 1.59. The van der Waals surface area contributed by atoms with Crippen molar-refractivity contribution < 1.29 is 9.47 Å². The van der Waals surface area contributed by atoms with E-state index in [1.807, 2.05) is 31.2 Å². The van der Waals surface area contributed by atoms with Gasteiger partial charge in [-0.05, 0) is 61.7 Å². The van der Waals surface area contributed by atoms with Gasteiger partial charge in [-0.3, -0.25) is 0 Å². The number of hydrogen-bond donors (Lipinski definition) is 1. The van der Waals surface area contributed by atoms with E-state index in [-0.39, 0.29) is 0 Å². The van der Waals surface area contributed by atoms with Crippen LogP contribution in [0.1, 0.15) is 31.4 Å². The van der Waals surface area contributed by atoms with E-state index in [1.165, 1.54) is 5.56 Å². The molecular weight excluding hydrogens is 402 g/mol. The number of ether oxygens (including phenoxy) is 2. The molecule has 2 aromatic carbocycles. The second-order valence-corrected chi connectivity index (χ2v) is 7.02. The van der Waals surface area contributed by atoms with Crippen molar-refractivity contribution in [3.05, 3.63) is 57.0 Å². The first-order valence-electron chi connectivity index (χ1n) is 8.67. The lowest BCUT2D eigenvalue weighted by molar-refractivity contribution is 0.276. The van der Waals surface area contributed by atoms with Crippen LogP contribution >= 0.6 is 27.5 Å². The van der Waals surface area contributed by atoms with E-state index >= 15 is 0 Å². The summed E-state index contributed by atoms with van der Waals surface area (Å²) < 4.78 is 12.5. The molecule has 0 heterocycles. The maximum atomic E-state index is 5.91. The zero-order valence-electron chi connectivity index (χ0n) is 14.8. The summed E-state index contributed by atoms with van der Waals surface area (Å²) in [4.78, 5) is 0. The van der Waals surface area contributed by atoms with Gasteiger partial charge in [0.1, 0.15) is 0 Å². The van der Waals surface area contributed by atoms with Crippen molar-refractivity contribution in [3.63, 3.8) is 0 Å². The van der Waals surface area contributed by atoms with E-state index in [0.29, 0.717) is 13.2 Å². The van der Waals surface area contributed by atoms with Crippen molar-refractivity contribution in [1.82, 2.24) is 5.32 Å². The van der Waals surface area contributed by atoms with Crippen LogP contribution in [0.3, 0.4) is 0 Å². The largest absolute Gasteiger partial charge is 0.490 e. The number of benzene rings is 2. The first kappa shape index (κ1) is 20.1. The zero-order valence-corrected chi connectivity index (χ0v) is 17.1. The molecule has 0 fully saturated rings. The third-order valence-corrected chi connectivity index (χ3v) is 4.68. The summed E-state index contributed by atoms with van der Waals surface area (Å²) >= 11 is 9.55. The van der Waals surface area contributed by atoms with Crippen molar-refractivity contribution in [2.75, 3.05) is 19.8 Å². The SMILES string of the molecule is CCCOc1cc(Br)c(CNCCc2ccc(Cl)cc2)cc1OCC. The Morgan fingerprint density at radius 3 is 2.44 bits per heavy atom. The Balaban J connectivity index is 1.93. The highest BCUT2D eigenvalue weighted by molar-refractivity contribution is 9.10. The van der Waals surface area contributed by atoms with Gasteiger partial charge in [-0.1, -0.05) is 46.6 Å². The fourth-order valence-corrected chi connectivity index (χ4v) is 3.00. The minimum Gasteiger partial charge on any atom is -0.490 e. The summed E-state index contributed by atoms with van der Waals surface area (Å²) in [5, 5.41) is 4.25. The molecule has 3 nitrogen and oxygen atoms in total. The highest BCUT2D eigenvalue weighted by atomic mass is 79.9.